The van der Waals surface area contributed by atoms with Gasteiger partial charge in [0, 0.05) is 17.3 Å². The molecule has 2 unspecified atom stereocenters. The van der Waals surface area contributed by atoms with Crippen LogP contribution >= 0.6 is 11.6 Å². The molecule has 2 atom stereocenters. The first kappa shape index (κ1) is 14.9. The van der Waals surface area contributed by atoms with Crippen molar-refractivity contribution in [3.05, 3.63) is 64.7 Å². The first-order valence-corrected chi connectivity index (χ1v) is 7.54. The molecule has 22 heavy (non-hydrogen) atoms. The van der Waals surface area contributed by atoms with Crippen molar-refractivity contribution >= 4 is 23.3 Å². The molecule has 0 aromatic heterocycles. The van der Waals surface area contributed by atoms with Crippen LogP contribution in [0.25, 0.3) is 0 Å². The second-order valence-electron chi connectivity index (χ2n) is 5.43. The minimum Gasteiger partial charge on any atom is -0.480 e. The Morgan fingerprint density at radius 1 is 1.23 bits per heavy atom. The standard InChI is InChI=1S/C17H17ClN2O2/c18-12-5-7-13(8-6-12)20-10-9-11-3-1-2-4-14(11)16(20)15(19)17(21)22/h1-8,15-16H,9-10,19H2,(H,21,22). The van der Waals surface area contributed by atoms with Crippen molar-refractivity contribution in [2.75, 3.05) is 11.4 Å². The molecule has 0 bridgehead atoms. The third-order valence-corrected chi connectivity index (χ3v) is 4.37. The second kappa shape index (κ2) is 5.99. The highest BCUT2D eigenvalue weighted by atomic mass is 35.5. The second-order valence-corrected chi connectivity index (χ2v) is 5.86. The van der Waals surface area contributed by atoms with E-state index in [2.05, 4.69) is 4.90 Å². The fourth-order valence-corrected chi connectivity index (χ4v) is 3.17. The predicted octanol–water partition coefficient (Wildman–Crippen LogP) is 2.86. The quantitative estimate of drug-likeness (QED) is 0.913. The first-order chi connectivity index (χ1) is 10.6. The summed E-state index contributed by atoms with van der Waals surface area (Å²) in [6.45, 7) is 0.726. The SMILES string of the molecule is NC(C(=O)O)C1c2ccccc2CCN1c1ccc(Cl)cc1. The summed E-state index contributed by atoms with van der Waals surface area (Å²) in [4.78, 5) is 13.5. The van der Waals surface area contributed by atoms with Crippen molar-refractivity contribution in [2.24, 2.45) is 5.73 Å². The molecule has 5 heteroatoms. The summed E-state index contributed by atoms with van der Waals surface area (Å²) in [7, 11) is 0. The Hall–Kier alpha value is -2.04. The Bertz CT molecular complexity index is 687. The molecule has 1 aliphatic rings. The summed E-state index contributed by atoms with van der Waals surface area (Å²) in [5.74, 6) is -0.999. The van der Waals surface area contributed by atoms with E-state index in [1.165, 1.54) is 0 Å². The average Bonchev–Trinajstić information content (AvgIpc) is 2.54. The van der Waals surface area contributed by atoms with Crippen LogP contribution in [0, 0.1) is 0 Å². The lowest BCUT2D eigenvalue weighted by Crippen LogP contribution is -2.49. The predicted molar refractivity (Wildman–Crippen MR) is 87.3 cm³/mol. The monoisotopic (exact) mass is 316 g/mol. The fraction of sp³-hybridized carbons (Fsp3) is 0.235. The van der Waals surface area contributed by atoms with Gasteiger partial charge in [-0.05, 0) is 41.8 Å². The number of carboxylic acid groups (broad SMARTS) is 1. The van der Waals surface area contributed by atoms with Gasteiger partial charge in [0.1, 0.15) is 6.04 Å². The topological polar surface area (TPSA) is 66.6 Å². The zero-order valence-electron chi connectivity index (χ0n) is 11.9. The number of hydrogen-bond acceptors (Lipinski definition) is 3. The third kappa shape index (κ3) is 2.67. The molecule has 0 amide bonds. The maximum absolute atomic E-state index is 11.5. The van der Waals surface area contributed by atoms with Gasteiger partial charge < -0.3 is 15.7 Å². The number of anilines is 1. The van der Waals surface area contributed by atoms with Gasteiger partial charge in [-0.1, -0.05) is 35.9 Å². The lowest BCUT2D eigenvalue weighted by molar-refractivity contribution is -0.139. The highest BCUT2D eigenvalue weighted by Gasteiger charge is 2.35. The molecular weight excluding hydrogens is 300 g/mol. The fourth-order valence-electron chi connectivity index (χ4n) is 3.04. The highest BCUT2D eigenvalue weighted by Crippen LogP contribution is 2.35. The van der Waals surface area contributed by atoms with E-state index in [-0.39, 0.29) is 6.04 Å². The Kier molecular flexibility index (Phi) is 4.05. The van der Waals surface area contributed by atoms with Gasteiger partial charge in [-0.3, -0.25) is 4.79 Å². The number of carbonyl (C=O) groups is 1. The number of nitrogens with zero attached hydrogens (tertiary/aromatic N) is 1. The number of hydrogen-bond donors (Lipinski definition) is 2. The maximum Gasteiger partial charge on any atom is 0.322 e. The molecule has 0 fully saturated rings. The number of nitrogens with two attached hydrogens (primary N) is 1. The van der Waals surface area contributed by atoms with Crippen molar-refractivity contribution in [1.29, 1.82) is 0 Å². The number of rotatable bonds is 3. The maximum atomic E-state index is 11.5. The largest absolute Gasteiger partial charge is 0.480 e. The van der Waals surface area contributed by atoms with Gasteiger partial charge in [-0.25, -0.2) is 0 Å². The minimum atomic E-state index is -0.999. The molecule has 3 N–H and O–H groups in total. The lowest BCUT2D eigenvalue weighted by Gasteiger charge is -2.40. The minimum absolute atomic E-state index is 0.386. The van der Waals surface area contributed by atoms with E-state index in [0.717, 1.165) is 29.8 Å². The first-order valence-electron chi connectivity index (χ1n) is 7.16. The molecule has 0 saturated heterocycles. The molecular formula is C17H17ClN2O2. The summed E-state index contributed by atoms with van der Waals surface area (Å²) in [6, 6.07) is 13.9. The van der Waals surface area contributed by atoms with E-state index < -0.39 is 12.0 Å². The van der Waals surface area contributed by atoms with Crippen LogP contribution in [0.4, 0.5) is 5.69 Å². The lowest BCUT2D eigenvalue weighted by atomic mass is 9.88. The summed E-state index contributed by atoms with van der Waals surface area (Å²) in [5.41, 5.74) is 9.07. The van der Waals surface area contributed by atoms with Crippen LogP contribution < -0.4 is 10.6 Å². The van der Waals surface area contributed by atoms with Crippen LogP contribution in [-0.2, 0) is 11.2 Å². The van der Waals surface area contributed by atoms with Crippen molar-refractivity contribution in [3.8, 4) is 0 Å². The Balaban J connectivity index is 2.06. The molecule has 0 radical (unpaired) electrons. The van der Waals surface area contributed by atoms with Crippen LogP contribution in [-0.4, -0.2) is 23.7 Å². The smallest absolute Gasteiger partial charge is 0.322 e. The van der Waals surface area contributed by atoms with Crippen molar-refractivity contribution in [2.45, 2.75) is 18.5 Å². The molecule has 0 saturated carbocycles. The van der Waals surface area contributed by atoms with Crippen LogP contribution in [0.15, 0.2) is 48.5 Å². The summed E-state index contributed by atoms with van der Waals surface area (Å²) in [5, 5.41) is 10.0. The number of aliphatic carboxylic acids is 1. The van der Waals surface area contributed by atoms with Gasteiger partial charge in [-0.2, -0.15) is 0 Å². The van der Waals surface area contributed by atoms with Gasteiger partial charge >= 0.3 is 5.97 Å². The van der Waals surface area contributed by atoms with Crippen LogP contribution in [0.2, 0.25) is 5.02 Å². The molecule has 2 aromatic rings. The summed E-state index contributed by atoms with van der Waals surface area (Å²) < 4.78 is 0. The Labute approximate surface area is 134 Å². The van der Waals surface area contributed by atoms with Crippen molar-refractivity contribution in [1.82, 2.24) is 0 Å². The molecule has 0 spiro atoms. The highest BCUT2D eigenvalue weighted by molar-refractivity contribution is 6.30. The Morgan fingerprint density at radius 3 is 2.59 bits per heavy atom. The third-order valence-electron chi connectivity index (χ3n) is 4.12. The van der Waals surface area contributed by atoms with Crippen LogP contribution in [0.3, 0.4) is 0 Å². The zero-order chi connectivity index (χ0) is 15.7. The van der Waals surface area contributed by atoms with Gasteiger partial charge in [0.25, 0.3) is 0 Å². The van der Waals surface area contributed by atoms with E-state index in [1.54, 1.807) is 12.1 Å². The average molecular weight is 317 g/mol. The summed E-state index contributed by atoms with van der Waals surface area (Å²) in [6.07, 6.45) is 0.863. The van der Waals surface area contributed by atoms with E-state index in [4.69, 9.17) is 17.3 Å². The molecule has 2 aromatic carbocycles. The molecule has 1 aliphatic heterocycles. The molecule has 4 nitrogen and oxygen atoms in total. The number of halogens is 1. The van der Waals surface area contributed by atoms with Gasteiger partial charge in [0.05, 0.1) is 6.04 Å². The number of fused-ring (bicyclic) bond motifs is 1. The van der Waals surface area contributed by atoms with Crippen LogP contribution in [0.5, 0.6) is 0 Å². The molecule has 0 aliphatic carbocycles. The van der Waals surface area contributed by atoms with Gasteiger partial charge in [-0.15, -0.1) is 0 Å². The van der Waals surface area contributed by atoms with E-state index in [1.807, 2.05) is 36.4 Å². The zero-order valence-corrected chi connectivity index (χ0v) is 12.7. The van der Waals surface area contributed by atoms with E-state index in [0.29, 0.717) is 5.02 Å². The Morgan fingerprint density at radius 2 is 1.91 bits per heavy atom. The van der Waals surface area contributed by atoms with Gasteiger partial charge in [0.2, 0.25) is 0 Å². The van der Waals surface area contributed by atoms with E-state index in [9.17, 15) is 9.90 Å². The molecule has 3 rings (SSSR count). The number of benzene rings is 2. The summed E-state index contributed by atoms with van der Waals surface area (Å²) >= 11 is 5.94. The molecule has 1 heterocycles. The molecule has 114 valence electrons. The van der Waals surface area contributed by atoms with Crippen molar-refractivity contribution in [3.63, 3.8) is 0 Å². The van der Waals surface area contributed by atoms with Crippen molar-refractivity contribution < 1.29 is 9.90 Å². The number of carboxylic acids is 1. The van der Waals surface area contributed by atoms with Crippen LogP contribution in [0.1, 0.15) is 17.2 Å². The van der Waals surface area contributed by atoms with E-state index >= 15 is 0 Å². The van der Waals surface area contributed by atoms with Gasteiger partial charge in [0.15, 0.2) is 0 Å². The normalized spacial score (nSPS) is 18.6.